The zero-order valence-corrected chi connectivity index (χ0v) is 8.77. The van der Waals surface area contributed by atoms with Crippen molar-refractivity contribution in [2.24, 2.45) is 0 Å². The molecule has 0 aliphatic heterocycles. The van der Waals surface area contributed by atoms with Crippen LogP contribution >= 0.6 is 0 Å². The van der Waals surface area contributed by atoms with E-state index in [9.17, 15) is 8.42 Å². The van der Waals surface area contributed by atoms with E-state index in [1.807, 2.05) is 13.8 Å². The summed E-state index contributed by atoms with van der Waals surface area (Å²) in [6.07, 6.45) is 1.59. The summed E-state index contributed by atoms with van der Waals surface area (Å²) >= 11 is 0. The third-order valence-corrected chi connectivity index (χ3v) is 2.15. The Kier molecular flexibility index (Phi) is 4.16. The highest BCUT2D eigenvalue weighted by Gasteiger charge is 2.16. The Morgan fingerprint density at radius 3 is 2.17 bits per heavy atom. The minimum atomic E-state index is -3.31. The van der Waals surface area contributed by atoms with Crippen LogP contribution in [0.4, 0.5) is 0 Å². The lowest BCUT2D eigenvalue weighted by Gasteiger charge is -2.21. The summed E-state index contributed by atoms with van der Waals surface area (Å²) in [6, 6.07) is 0. The largest absolute Gasteiger partial charge is 0.379 e. The van der Waals surface area contributed by atoms with Gasteiger partial charge in [-0.2, -0.15) is 8.42 Å². The molecule has 0 bridgehead atoms. The van der Waals surface area contributed by atoms with Crippen LogP contribution in [0.25, 0.3) is 0 Å². The number of hydrogen-bond acceptors (Lipinski definition) is 4. The van der Waals surface area contributed by atoms with Gasteiger partial charge in [-0.05, 0) is 13.8 Å². The average molecular weight is 196 g/mol. The van der Waals surface area contributed by atoms with Crippen molar-refractivity contribution >= 4 is 10.1 Å². The van der Waals surface area contributed by atoms with Crippen molar-refractivity contribution < 1.29 is 17.3 Å². The van der Waals surface area contributed by atoms with E-state index in [2.05, 4.69) is 4.18 Å². The molecule has 0 amide bonds. The van der Waals surface area contributed by atoms with Crippen LogP contribution in [0.5, 0.6) is 0 Å². The van der Waals surface area contributed by atoms with E-state index in [1.165, 1.54) is 0 Å². The van der Waals surface area contributed by atoms with Gasteiger partial charge in [0.15, 0.2) is 0 Å². The predicted molar refractivity (Wildman–Crippen MR) is 46.5 cm³/mol. The third kappa shape index (κ3) is 6.57. The van der Waals surface area contributed by atoms with Crippen LogP contribution < -0.4 is 0 Å². The molecule has 74 valence electrons. The van der Waals surface area contributed by atoms with Gasteiger partial charge in [0, 0.05) is 13.5 Å². The molecule has 4 nitrogen and oxygen atoms in total. The minimum Gasteiger partial charge on any atom is -0.379 e. The fraction of sp³-hybridized carbons (Fsp3) is 1.00. The Morgan fingerprint density at radius 2 is 1.83 bits per heavy atom. The summed E-state index contributed by atoms with van der Waals surface area (Å²) in [5, 5.41) is 0. The highest BCUT2D eigenvalue weighted by molar-refractivity contribution is 7.85. The molecular weight excluding hydrogens is 180 g/mol. The highest BCUT2D eigenvalue weighted by Crippen LogP contribution is 2.12. The second-order valence-electron chi connectivity index (χ2n) is 3.24. The normalized spacial score (nSPS) is 13.3. The molecule has 0 aromatic rings. The summed E-state index contributed by atoms with van der Waals surface area (Å²) < 4.78 is 30.7. The van der Waals surface area contributed by atoms with E-state index in [4.69, 9.17) is 4.74 Å². The molecule has 0 radical (unpaired) electrons. The van der Waals surface area contributed by atoms with Crippen LogP contribution in [0.15, 0.2) is 0 Å². The molecule has 0 saturated heterocycles. The van der Waals surface area contributed by atoms with Crippen molar-refractivity contribution in [3.05, 3.63) is 0 Å². The molecule has 0 aromatic carbocycles. The molecule has 0 unspecified atom stereocenters. The van der Waals surface area contributed by atoms with E-state index in [1.54, 1.807) is 7.11 Å². The van der Waals surface area contributed by atoms with E-state index in [0.29, 0.717) is 6.42 Å². The summed E-state index contributed by atoms with van der Waals surface area (Å²) in [4.78, 5) is 0. The topological polar surface area (TPSA) is 52.6 Å². The second kappa shape index (κ2) is 4.20. The van der Waals surface area contributed by atoms with Crippen molar-refractivity contribution in [2.45, 2.75) is 25.9 Å². The van der Waals surface area contributed by atoms with E-state index in [0.717, 1.165) is 6.26 Å². The minimum absolute atomic E-state index is 0.166. The Hall–Kier alpha value is -0.130. The maximum atomic E-state index is 10.5. The summed E-state index contributed by atoms with van der Waals surface area (Å²) in [6.45, 7) is 3.91. The lowest BCUT2D eigenvalue weighted by atomic mass is 10.1. The molecule has 0 spiro atoms. The molecule has 0 rings (SSSR count). The van der Waals surface area contributed by atoms with Crippen LogP contribution in [0.2, 0.25) is 0 Å². The van der Waals surface area contributed by atoms with Crippen LogP contribution in [0.3, 0.4) is 0 Å². The van der Waals surface area contributed by atoms with Crippen LogP contribution in [0, 0.1) is 0 Å². The van der Waals surface area contributed by atoms with Gasteiger partial charge >= 0.3 is 0 Å². The van der Waals surface area contributed by atoms with Crippen LogP contribution in [-0.2, 0) is 19.0 Å². The van der Waals surface area contributed by atoms with Gasteiger partial charge in [-0.15, -0.1) is 0 Å². The van der Waals surface area contributed by atoms with Crippen molar-refractivity contribution in [1.29, 1.82) is 0 Å². The lowest BCUT2D eigenvalue weighted by molar-refractivity contribution is 0.00618. The molecule has 12 heavy (non-hydrogen) atoms. The molecule has 0 saturated carbocycles. The fourth-order valence-corrected chi connectivity index (χ4v) is 0.927. The summed E-state index contributed by atoms with van der Waals surface area (Å²) in [5.74, 6) is 0. The average Bonchev–Trinajstić information content (AvgIpc) is 1.84. The summed E-state index contributed by atoms with van der Waals surface area (Å²) in [5.41, 5.74) is -0.329. The van der Waals surface area contributed by atoms with Gasteiger partial charge in [0.2, 0.25) is 0 Å². The monoisotopic (exact) mass is 196 g/mol. The molecule has 0 aliphatic carbocycles. The maximum Gasteiger partial charge on any atom is 0.264 e. The SMILES string of the molecule is COC(C)(C)CCOS(C)(=O)=O. The Balaban J connectivity index is 3.72. The maximum absolute atomic E-state index is 10.5. The van der Waals surface area contributed by atoms with Gasteiger partial charge in [0.1, 0.15) is 0 Å². The molecule has 0 aromatic heterocycles. The first-order valence-corrected chi connectivity index (χ1v) is 5.48. The van der Waals surface area contributed by atoms with E-state index in [-0.39, 0.29) is 12.2 Å². The molecule has 0 aliphatic rings. The number of hydrogen-bond donors (Lipinski definition) is 0. The first kappa shape index (κ1) is 11.9. The standard InChI is InChI=1S/C7H16O4S/c1-7(2,10-3)5-6-11-12(4,8)9/h5-6H2,1-4H3. The van der Waals surface area contributed by atoms with E-state index < -0.39 is 10.1 Å². The molecule has 0 fully saturated rings. The quantitative estimate of drug-likeness (QED) is 0.610. The Bertz CT molecular complexity index is 218. The zero-order chi connectivity index (χ0) is 9.83. The number of rotatable bonds is 5. The van der Waals surface area contributed by atoms with Crippen molar-refractivity contribution in [3.8, 4) is 0 Å². The first-order valence-electron chi connectivity index (χ1n) is 3.66. The zero-order valence-electron chi connectivity index (χ0n) is 7.96. The first-order chi connectivity index (χ1) is 5.27. The van der Waals surface area contributed by atoms with Crippen molar-refractivity contribution in [2.75, 3.05) is 20.0 Å². The Labute approximate surface area is 74.0 Å². The van der Waals surface area contributed by atoms with Crippen molar-refractivity contribution in [1.82, 2.24) is 0 Å². The highest BCUT2D eigenvalue weighted by atomic mass is 32.2. The van der Waals surface area contributed by atoms with Gasteiger partial charge in [-0.1, -0.05) is 0 Å². The van der Waals surface area contributed by atoms with Crippen molar-refractivity contribution in [3.63, 3.8) is 0 Å². The molecular formula is C7H16O4S. The second-order valence-corrected chi connectivity index (χ2v) is 4.88. The lowest BCUT2D eigenvalue weighted by Crippen LogP contribution is -2.25. The predicted octanol–water partition coefficient (Wildman–Crippen LogP) is 0.778. The number of ether oxygens (including phenoxy) is 1. The van der Waals surface area contributed by atoms with Gasteiger partial charge in [0.25, 0.3) is 10.1 Å². The summed E-state index contributed by atoms with van der Waals surface area (Å²) in [7, 11) is -1.73. The Morgan fingerprint density at radius 1 is 1.33 bits per heavy atom. The molecule has 0 heterocycles. The van der Waals surface area contributed by atoms with Gasteiger partial charge in [0.05, 0.1) is 18.5 Å². The van der Waals surface area contributed by atoms with Gasteiger partial charge < -0.3 is 4.74 Å². The third-order valence-electron chi connectivity index (χ3n) is 1.55. The van der Waals surface area contributed by atoms with Gasteiger partial charge in [-0.3, -0.25) is 4.18 Å². The molecule has 0 atom stereocenters. The smallest absolute Gasteiger partial charge is 0.264 e. The van der Waals surface area contributed by atoms with Crippen LogP contribution in [-0.4, -0.2) is 34.0 Å². The van der Waals surface area contributed by atoms with Crippen LogP contribution in [0.1, 0.15) is 20.3 Å². The molecule has 0 N–H and O–H groups in total. The van der Waals surface area contributed by atoms with E-state index >= 15 is 0 Å². The molecule has 5 heteroatoms. The van der Waals surface area contributed by atoms with Gasteiger partial charge in [-0.25, -0.2) is 0 Å². The fourth-order valence-electron chi connectivity index (χ4n) is 0.541. The number of methoxy groups -OCH3 is 1.